The van der Waals surface area contributed by atoms with Gasteiger partial charge in [0, 0.05) is 24.3 Å². The number of carbonyl (C=O) groups is 1. The van der Waals surface area contributed by atoms with Gasteiger partial charge in [0.05, 0.1) is 35.6 Å². The molecule has 0 aliphatic carbocycles. The number of fused-ring (bicyclic) bond motifs is 1. The number of hydrogen-bond acceptors (Lipinski definition) is 7. The fraction of sp³-hybridized carbons (Fsp3) is 0.265. The van der Waals surface area contributed by atoms with Gasteiger partial charge in [-0.15, -0.1) is 0 Å². The number of ether oxygens (including phenoxy) is 2. The van der Waals surface area contributed by atoms with Gasteiger partial charge in [0.1, 0.15) is 5.75 Å². The Morgan fingerprint density at radius 2 is 1.76 bits per heavy atom. The number of esters is 1. The summed E-state index contributed by atoms with van der Waals surface area (Å²) >= 11 is 1.32. The molecule has 0 N–H and O–H groups in total. The molecule has 3 heterocycles. The average Bonchev–Trinajstić information content (AvgIpc) is 3.35. The van der Waals surface area contributed by atoms with Gasteiger partial charge < -0.3 is 14.4 Å². The van der Waals surface area contributed by atoms with E-state index < -0.39 is 12.0 Å². The highest BCUT2D eigenvalue weighted by atomic mass is 32.1. The summed E-state index contributed by atoms with van der Waals surface area (Å²) in [5.41, 5.74) is 4.27. The lowest BCUT2D eigenvalue weighted by Crippen LogP contribution is -2.40. The number of carbonyl (C=O) groups excluding carboxylic acids is 1. The highest BCUT2D eigenvalue weighted by molar-refractivity contribution is 7.07. The highest BCUT2D eigenvalue weighted by Crippen LogP contribution is 2.36. The number of hydrogen-bond donors (Lipinski definition) is 0. The van der Waals surface area contributed by atoms with Crippen LogP contribution >= 0.6 is 11.3 Å². The molecule has 214 valence electrons. The van der Waals surface area contributed by atoms with Gasteiger partial charge >= 0.3 is 5.97 Å². The molecule has 0 radical (unpaired) electrons. The van der Waals surface area contributed by atoms with Crippen molar-refractivity contribution in [2.45, 2.75) is 32.2 Å². The number of aromatic nitrogens is 1. The third-order valence-corrected chi connectivity index (χ3v) is 8.68. The van der Waals surface area contributed by atoms with Crippen molar-refractivity contribution < 1.29 is 14.3 Å². The van der Waals surface area contributed by atoms with Crippen LogP contribution in [0.15, 0.2) is 94.2 Å². The Hall–Kier alpha value is -4.43. The second-order valence-corrected chi connectivity index (χ2v) is 11.4. The molecule has 4 aromatic rings. The van der Waals surface area contributed by atoms with Crippen molar-refractivity contribution in [1.82, 2.24) is 4.57 Å². The molecule has 2 aliphatic rings. The van der Waals surface area contributed by atoms with E-state index in [2.05, 4.69) is 29.2 Å². The second-order valence-electron chi connectivity index (χ2n) is 10.3. The minimum absolute atomic E-state index is 0.201. The van der Waals surface area contributed by atoms with Crippen LogP contribution in [0.4, 0.5) is 5.69 Å². The number of methoxy groups -OCH3 is 1. The van der Waals surface area contributed by atoms with E-state index in [0.717, 1.165) is 29.8 Å². The molecular weight excluding hydrogens is 546 g/mol. The standard InChI is InChI=1S/C34H33N3O4S/c1-3-41-33(39)29-30(24-11-6-4-7-12-24)35-34-37(31(29)25-13-10-14-27(22-25)40-2)32(38)28(42-34)21-23-15-17-26(18-16-23)36-19-8-5-9-20-36/h4,6-7,10-18,21-22,31H,3,5,8-9,19-20H2,1-2H3/b28-21+/t31-/m1/s1. The summed E-state index contributed by atoms with van der Waals surface area (Å²) in [6.07, 6.45) is 5.63. The van der Waals surface area contributed by atoms with Gasteiger partial charge in [-0.05, 0) is 67.7 Å². The van der Waals surface area contributed by atoms with Crippen molar-refractivity contribution in [3.05, 3.63) is 121 Å². The summed E-state index contributed by atoms with van der Waals surface area (Å²) in [5, 5.41) is 0. The Morgan fingerprint density at radius 1 is 1.00 bits per heavy atom. The van der Waals surface area contributed by atoms with Crippen LogP contribution in [0.5, 0.6) is 5.75 Å². The van der Waals surface area contributed by atoms with Crippen molar-refractivity contribution in [2.75, 3.05) is 31.7 Å². The molecule has 2 aliphatic heterocycles. The number of rotatable bonds is 7. The molecule has 1 aromatic heterocycles. The van der Waals surface area contributed by atoms with Crippen LogP contribution in [0.2, 0.25) is 0 Å². The maximum absolute atomic E-state index is 14.1. The van der Waals surface area contributed by atoms with Gasteiger partial charge in [0.2, 0.25) is 0 Å². The summed E-state index contributed by atoms with van der Waals surface area (Å²) in [6.45, 7) is 4.13. The molecule has 0 spiro atoms. The summed E-state index contributed by atoms with van der Waals surface area (Å²) in [6, 6.07) is 24.6. The SMILES string of the molecule is CCOC(=O)C1=C(c2ccccc2)N=c2s/c(=C/c3ccc(N4CCCCC4)cc3)c(=O)n2[C@@H]1c1cccc(OC)c1. The Kier molecular flexibility index (Phi) is 8.06. The zero-order valence-electron chi connectivity index (χ0n) is 23.8. The van der Waals surface area contributed by atoms with E-state index in [1.165, 1.54) is 36.3 Å². The lowest BCUT2D eigenvalue weighted by atomic mass is 9.93. The zero-order chi connectivity index (χ0) is 29.1. The molecule has 1 fully saturated rings. The Bertz CT molecular complexity index is 1800. The van der Waals surface area contributed by atoms with Crippen LogP contribution in [-0.2, 0) is 9.53 Å². The molecule has 7 nitrogen and oxygen atoms in total. The van der Waals surface area contributed by atoms with E-state index in [4.69, 9.17) is 14.5 Å². The lowest BCUT2D eigenvalue weighted by molar-refractivity contribution is -0.138. The Balaban J connectivity index is 1.53. The van der Waals surface area contributed by atoms with Gasteiger partial charge in [0.15, 0.2) is 4.80 Å². The van der Waals surface area contributed by atoms with E-state index in [1.807, 2.05) is 60.7 Å². The van der Waals surface area contributed by atoms with Gasteiger partial charge in [-0.3, -0.25) is 9.36 Å². The number of benzene rings is 3. The quantitative estimate of drug-likeness (QED) is 0.290. The molecule has 42 heavy (non-hydrogen) atoms. The van der Waals surface area contributed by atoms with Crippen molar-refractivity contribution in [1.29, 1.82) is 0 Å². The first-order valence-corrected chi connectivity index (χ1v) is 15.2. The molecule has 0 bridgehead atoms. The van der Waals surface area contributed by atoms with Crippen molar-refractivity contribution >= 4 is 34.8 Å². The highest BCUT2D eigenvalue weighted by Gasteiger charge is 2.35. The minimum Gasteiger partial charge on any atom is -0.497 e. The first kappa shape index (κ1) is 27.7. The Morgan fingerprint density at radius 3 is 2.48 bits per heavy atom. The van der Waals surface area contributed by atoms with Crippen LogP contribution in [0, 0.1) is 0 Å². The van der Waals surface area contributed by atoms with E-state index in [0.29, 0.717) is 26.4 Å². The molecule has 3 aromatic carbocycles. The molecule has 6 rings (SSSR count). The molecule has 0 amide bonds. The molecule has 0 saturated carbocycles. The summed E-state index contributed by atoms with van der Waals surface area (Å²) in [4.78, 5) is 35.6. The van der Waals surface area contributed by atoms with E-state index in [9.17, 15) is 9.59 Å². The lowest BCUT2D eigenvalue weighted by Gasteiger charge is -2.28. The van der Waals surface area contributed by atoms with Gasteiger partial charge in [-0.2, -0.15) is 0 Å². The van der Waals surface area contributed by atoms with Crippen LogP contribution in [-0.4, -0.2) is 37.3 Å². The first-order chi connectivity index (χ1) is 20.6. The minimum atomic E-state index is -0.741. The smallest absolute Gasteiger partial charge is 0.338 e. The molecular formula is C34H33N3O4S. The summed E-state index contributed by atoms with van der Waals surface area (Å²) in [7, 11) is 1.60. The topological polar surface area (TPSA) is 73.1 Å². The zero-order valence-corrected chi connectivity index (χ0v) is 24.6. The first-order valence-electron chi connectivity index (χ1n) is 14.3. The molecule has 1 atom stereocenters. The van der Waals surface area contributed by atoms with E-state index in [1.54, 1.807) is 18.6 Å². The number of anilines is 1. The largest absolute Gasteiger partial charge is 0.497 e. The maximum atomic E-state index is 14.1. The molecule has 0 unspecified atom stereocenters. The Labute approximate surface area is 248 Å². The maximum Gasteiger partial charge on any atom is 0.338 e. The predicted octanol–water partition coefficient (Wildman–Crippen LogP) is 4.93. The summed E-state index contributed by atoms with van der Waals surface area (Å²) < 4.78 is 13.2. The van der Waals surface area contributed by atoms with Gasteiger partial charge in [-0.1, -0.05) is 65.9 Å². The number of nitrogens with zero attached hydrogens (tertiary/aromatic N) is 3. The fourth-order valence-corrected chi connectivity index (χ4v) is 6.65. The molecule has 1 saturated heterocycles. The van der Waals surface area contributed by atoms with E-state index in [-0.39, 0.29) is 12.2 Å². The third-order valence-electron chi connectivity index (χ3n) is 7.70. The van der Waals surface area contributed by atoms with Gasteiger partial charge in [-0.25, -0.2) is 9.79 Å². The monoisotopic (exact) mass is 579 g/mol. The van der Waals surface area contributed by atoms with Crippen LogP contribution in [0.1, 0.15) is 48.9 Å². The summed E-state index contributed by atoms with van der Waals surface area (Å²) in [5.74, 6) is 0.125. The van der Waals surface area contributed by atoms with Crippen molar-refractivity contribution in [3.8, 4) is 5.75 Å². The number of piperidine rings is 1. The van der Waals surface area contributed by atoms with E-state index >= 15 is 0 Å². The fourth-order valence-electron chi connectivity index (χ4n) is 5.65. The predicted molar refractivity (Wildman–Crippen MR) is 167 cm³/mol. The normalized spacial score (nSPS) is 17.0. The van der Waals surface area contributed by atoms with Gasteiger partial charge in [0.25, 0.3) is 5.56 Å². The number of thiazole rings is 1. The molecule has 8 heteroatoms. The van der Waals surface area contributed by atoms with Crippen LogP contribution in [0.3, 0.4) is 0 Å². The van der Waals surface area contributed by atoms with Crippen molar-refractivity contribution in [2.24, 2.45) is 4.99 Å². The van der Waals surface area contributed by atoms with Crippen LogP contribution in [0.25, 0.3) is 11.8 Å². The van der Waals surface area contributed by atoms with Crippen molar-refractivity contribution in [3.63, 3.8) is 0 Å². The third kappa shape index (κ3) is 5.42. The second kappa shape index (κ2) is 12.2. The van der Waals surface area contributed by atoms with Crippen LogP contribution < -0.4 is 24.5 Å². The average molecular weight is 580 g/mol.